The molecule has 0 amide bonds. The molecule has 0 fully saturated rings. The first kappa shape index (κ1) is 12.1. The average Bonchev–Trinajstić information content (AvgIpc) is 2.27. The summed E-state index contributed by atoms with van der Waals surface area (Å²) in [4.78, 5) is 11.3. The Bertz CT molecular complexity index is 386. The lowest BCUT2D eigenvalue weighted by molar-refractivity contribution is -0.113. The highest BCUT2D eigenvalue weighted by atomic mass is 35.5. The summed E-state index contributed by atoms with van der Waals surface area (Å²) in [7, 11) is 0. The van der Waals surface area contributed by atoms with Crippen molar-refractivity contribution in [1.29, 1.82) is 0 Å². The minimum atomic E-state index is -0.227. The highest BCUT2D eigenvalue weighted by Crippen LogP contribution is 2.20. The third-order valence-corrected chi connectivity index (χ3v) is 2.49. The van der Waals surface area contributed by atoms with Gasteiger partial charge in [-0.25, -0.2) is 0 Å². The van der Waals surface area contributed by atoms with Crippen molar-refractivity contribution >= 4 is 29.0 Å². The molecule has 0 saturated heterocycles. The third kappa shape index (κ3) is 3.26. The van der Waals surface area contributed by atoms with E-state index in [4.69, 9.17) is 23.2 Å². The fourth-order valence-corrected chi connectivity index (χ4v) is 1.52. The number of hydrogen-bond acceptors (Lipinski definition) is 2. The van der Waals surface area contributed by atoms with Crippen LogP contribution >= 0.6 is 23.2 Å². The van der Waals surface area contributed by atoms with E-state index in [1.807, 2.05) is 0 Å². The fraction of sp³-hybridized carbons (Fsp3) is 0.182. The Morgan fingerprint density at radius 1 is 1.40 bits per heavy atom. The highest BCUT2D eigenvalue weighted by molar-refractivity contribution is 6.33. The van der Waals surface area contributed by atoms with Crippen LogP contribution in [0.25, 0.3) is 0 Å². The molecule has 0 radical (unpaired) electrons. The van der Waals surface area contributed by atoms with Crippen molar-refractivity contribution in [3.63, 3.8) is 0 Å². The number of carbonyl (C=O) groups excluding carboxylic acids is 1. The molecular formula is C11H10Cl2O2. The number of para-hydroxylation sites is 1. The Morgan fingerprint density at radius 2 is 2.07 bits per heavy atom. The quantitative estimate of drug-likeness (QED) is 0.654. The summed E-state index contributed by atoms with van der Waals surface area (Å²) in [5.41, 5.74) is 2.26. The molecule has 1 rings (SSSR count). The minimum absolute atomic E-state index is 0.105. The van der Waals surface area contributed by atoms with Crippen molar-refractivity contribution in [1.82, 2.24) is 0 Å². The molecule has 80 valence electrons. The summed E-state index contributed by atoms with van der Waals surface area (Å²) in [6, 6.07) is 6.79. The predicted molar refractivity (Wildman–Crippen MR) is 61.5 cm³/mol. The van der Waals surface area contributed by atoms with Crippen molar-refractivity contribution in [3.05, 3.63) is 40.9 Å². The molecule has 4 heteroatoms. The second kappa shape index (κ2) is 5.79. The Balaban J connectivity index is 2.86. The van der Waals surface area contributed by atoms with Crippen LogP contribution in [0.1, 0.15) is 5.56 Å². The number of halogens is 2. The molecule has 0 aliphatic rings. The zero-order valence-electron chi connectivity index (χ0n) is 7.91. The second-order valence-corrected chi connectivity index (χ2v) is 3.48. The molecule has 1 N–H and O–H groups in total. The smallest absolute Gasteiger partial charge is 0.174 e. The summed E-state index contributed by atoms with van der Waals surface area (Å²) in [6.45, 7) is 0. The summed E-state index contributed by atoms with van der Waals surface area (Å²) in [6.07, 6.45) is 0.293. The van der Waals surface area contributed by atoms with E-state index in [1.54, 1.807) is 24.3 Å². The molecule has 0 aliphatic heterocycles. The largest absolute Gasteiger partial charge is 0.508 e. The van der Waals surface area contributed by atoms with E-state index in [1.165, 1.54) is 5.54 Å². The zero-order chi connectivity index (χ0) is 11.3. The minimum Gasteiger partial charge on any atom is -0.508 e. The topological polar surface area (TPSA) is 37.3 Å². The molecule has 0 unspecified atom stereocenters. The number of ketones is 1. The standard InChI is InChI=1S/C11H10Cl2O2/c12-6-9(11(15)7-13)5-8-3-1-2-4-10(8)14/h1-4,6,14H,5,7H2. The van der Waals surface area contributed by atoms with Crippen LogP contribution < -0.4 is 0 Å². The molecule has 0 spiro atoms. The molecular weight excluding hydrogens is 235 g/mol. The van der Waals surface area contributed by atoms with Gasteiger partial charge < -0.3 is 5.11 Å². The Morgan fingerprint density at radius 3 is 2.60 bits per heavy atom. The maximum absolute atomic E-state index is 11.3. The molecule has 1 aromatic carbocycles. The summed E-state index contributed by atoms with van der Waals surface area (Å²) >= 11 is 10.9. The molecule has 0 aliphatic carbocycles. The number of benzene rings is 1. The van der Waals surface area contributed by atoms with Crippen LogP contribution in [0.2, 0.25) is 0 Å². The monoisotopic (exact) mass is 244 g/mol. The van der Waals surface area contributed by atoms with Gasteiger partial charge in [-0.2, -0.15) is 0 Å². The van der Waals surface area contributed by atoms with E-state index in [0.717, 1.165) is 0 Å². The van der Waals surface area contributed by atoms with Gasteiger partial charge in [-0.3, -0.25) is 4.79 Å². The molecule has 0 bridgehead atoms. The van der Waals surface area contributed by atoms with Gasteiger partial charge in [0.1, 0.15) is 5.75 Å². The van der Waals surface area contributed by atoms with Gasteiger partial charge in [-0.05, 0) is 11.6 Å². The highest BCUT2D eigenvalue weighted by Gasteiger charge is 2.10. The Kier molecular flexibility index (Phi) is 4.66. The van der Waals surface area contributed by atoms with Crippen molar-refractivity contribution in [2.45, 2.75) is 6.42 Å². The lowest BCUT2D eigenvalue weighted by Crippen LogP contribution is -2.06. The molecule has 0 saturated carbocycles. The average molecular weight is 245 g/mol. The first-order chi connectivity index (χ1) is 7.19. The number of allylic oxidation sites excluding steroid dienone is 1. The van der Waals surface area contributed by atoms with Crippen molar-refractivity contribution in [2.75, 3.05) is 5.88 Å². The predicted octanol–water partition coefficient (Wildman–Crippen LogP) is 2.87. The van der Waals surface area contributed by atoms with Crippen LogP contribution in [0.3, 0.4) is 0 Å². The number of alkyl halides is 1. The van der Waals surface area contributed by atoms with Crippen LogP contribution in [-0.2, 0) is 11.2 Å². The van der Waals surface area contributed by atoms with Crippen LogP contribution in [-0.4, -0.2) is 16.8 Å². The summed E-state index contributed by atoms with van der Waals surface area (Å²) < 4.78 is 0. The van der Waals surface area contributed by atoms with Gasteiger partial charge in [0.15, 0.2) is 5.78 Å². The van der Waals surface area contributed by atoms with E-state index in [0.29, 0.717) is 17.6 Å². The second-order valence-electron chi connectivity index (χ2n) is 3.00. The van der Waals surface area contributed by atoms with Gasteiger partial charge in [0, 0.05) is 17.5 Å². The molecule has 15 heavy (non-hydrogen) atoms. The SMILES string of the molecule is O=C(CCl)C(=CCl)Cc1ccccc1O. The van der Waals surface area contributed by atoms with Gasteiger partial charge in [0.2, 0.25) is 0 Å². The molecule has 0 atom stereocenters. The van der Waals surface area contributed by atoms with Gasteiger partial charge in [0.05, 0.1) is 5.88 Å². The number of phenolic OH excluding ortho intramolecular Hbond substituents is 1. The van der Waals surface area contributed by atoms with Gasteiger partial charge in [0.25, 0.3) is 0 Å². The number of Topliss-reactive ketones (excluding diaryl/α,β-unsaturated/α-hetero) is 1. The first-order valence-electron chi connectivity index (χ1n) is 4.34. The van der Waals surface area contributed by atoms with Gasteiger partial charge >= 0.3 is 0 Å². The summed E-state index contributed by atoms with van der Waals surface area (Å²) in [5, 5.41) is 9.49. The van der Waals surface area contributed by atoms with Gasteiger partial charge in [-0.15, -0.1) is 11.6 Å². The van der Waals surface area contributed by atoms with E-state index in [2.05, 4.69) is 0 Å². The van der Waals surface area contributed by atoms with E-state index in [9.17, 15) is 9.90 Å². The van der Waals surface area contributed by atoms with Crippen molar-refractivity contribution < 1.29 is 9.90 Å². The van der Waals surface area contributed by atoms with Crippen LogP contribution in [0.4, 0.5) is 0 Å². The summed E-state index contributed by atoms with van der Waals surface area (Å²) in [5.74, 6) is -0.183. The van der Waals surface area contributed by atoms with E-state index >= 15 is 0 Å². The Labute approximate surface area is 98.1 Å². The molecule has 0 aromatic heterocycles. The fourth-order valence-electron chi connectivity index (χ4n) is 1.15. The van der Waals surface area contributed by atoms with Crippen molar-refractivity contribution in [2.24, 2.45) is 0 Å². The number of phenols is 1. The van der Waals surface area contributed by atoms with E-state index in [-0.39, 0.29) is 17.4 Å². The Hall–Kier alpha value is -0.990. The number of rotatable bonds is 4. The molecule has 0 heterocycles. The number of aromatic hydroxyl groups is 1. The maximum Gasteiger partial charge on any atom is 0.174 e. The van der Waals surface area contributed by atoms with Crippen LogP contribution in [0, 0.1) is 0 Å². The first-order valence-corrected chi connectivity index (χ1v) is 5.31. The lowest BCUT2D eigenvalue weighted by atomic mass is 10.0. The van der Waals surface area contributed by atoms with Crippen molar-refractivity contribution in [3.8, 4) is 5.75 Å². The maximum atomic E-state index is 11.3. The van der Waals surface area contributed by atoms with Crippen LogP contribution in [0.5, 0.6) is 5.75 Å². The third-order valence-electron chi connectivity index (χ3n) is 1.98. The van der Waals surface area contributed by atoms with Gasteiger partial charge in [-0.1, -0.05) is 29.8 Å². The van der Waals surface area contributed by atoms with Crippen LogP contribution in [0.15, 0.2) is 35.4 Å². The van der Waals surface area contributed by atoms with E-state index < -0.39 is 0 Å². The lowest BCUT2D eigenvalue weighted by Gasteiger charge is -2.05. The normalized spacial score (nSPS) is 11.5. The molecule has 2 nitrogen and oxygen atoms in total. The molecule has 1 aromatic rings. The number of hydrogen-bond donors (Lipinski definition) is 1. The zero-order valence-corrected chi connectivity index (χ0v) is 9.42. The number of carbonyl (C=O) groups is 1.